The lowest BCUT2D eigenvalue weighted by atomic mass is 10.1. The number of amides is 3. The highest BCUT2D eigenvalue weighted by Gasteiger charge is 2.29. The van der Waals surface area contributed by atoms with Crippen molar-refractivity contribution in [3.8, 4) is 0 Å². The standard InChI is InChI=1S/C21H23N3O3/c1-14(11-12-15-7-3-2-4-8-15)22-19(25)13-18-21(27)23-17-10-6-5-9-16(17)20(26)24-18/h2-10,14,18H,11-13H2,1H3,(H,22,25)(H,23,27)(H,24,26)/t14-,18+/m1/s1. The number of aryl methyl sites for hydroxylation is 1. The van der Waals surface area contributed by atoms with Gasteiger partial charge in [-0.3, -0.25) is 14.4 Å². The molecule has 0 spiro atoms. The molecule has 0 saturated carbocycles. The number of anilines is 1. The number of carbonyl (C=O) groups excluding carboxylic acids is 3. The van der Waals surface area contributed by atoms with Crippen molar-refractivity contribution in [2.75, 3.05) is 5.32 Å². The third-order valence-corrected chi connectivity index (χ3v) is 4.56. The summed E-state index contributed by atoms with van der Waals surface area (Å²) in [6, 6.07) is 15.9. The summed E-state index contributed by atoms with van der Waals surface area (Å²) in [6.45, 7) is 1.93. The van der Waals surface area contributed by atoms with Crippen molar-refractivity contribution >= 4 is 23.4 Å². The third-order valence-electron chi connectivity index (χ3n) is 4.56. The normalized spacial score (nSPS) is 17.1. The molecule has 6 heteroatoms. The van der Waals surface area contributed by atoms with Gasteiger partial charge in [0.15, 0.2) is 0 Å². The second kappa shape index (κ2) is 8.49. The first-order chi connectivity index (χ1) is 13.0. The quantitative estimate of drug-likeness (QED) is 0.734. The highest BCUT2D eigenvalue weighted by atomic mass is 16.2. The third kappa shape index (κ3) is 4.94. The lowest BCUT2D eigenvalue weighted by Gasteiger charge is -2.17. The summed E-state index contributed by atoms with van der Waals surface area (Å²) in [5, 5.41) is 8.25. The van der Waals surface area contributed by atoms with E-state index in [4.69, 9.17) is 0 Å². The number of rotatable bonds is 6. The van der Waals surface area contributed by atoms with E-state index in [0.717, 1.165) is 12.8 Å². The van der Waals surface area contributed by atoms with Crippen LogP contribution in [-0.2, 0) is 16.0 Å². The molecule has 1 heterocycles. The van der Waals surface area contributed by atoms with Crippen LogP contribution in [0.3, 0.4) is 0 Å². The molecule has 1 aliphatic rings. The molecule has 0 unspecified atom stereocenters. The molecule has 2 aromatic carbocycles. The number of hydrogen-bond donors (Lipinski definition) is 3. The Kier molecular flexibility index (Phi) is 5.86. The smallest absolute Gasteiger partial charge is 0.254 e. The molecule has 0 aliphatic carbocycles. The van der Waals surface area contributed by atoms with Crippen LogP contribution in [0.5, 0.6) is 0 Å². The minimum Gasteiger partial charge on any atom is -0.354 e. The average molecular weight is 365 g/mol. The van der Waals surface area contributed by atoms with Crippen LogP contribution in [0.1, 0.15) is 35.7 Å². The van der Waals surface area contributed by atoms with Crippen molar-refractivity contribution in [2.45, 2.75) is 38.3 Å². The molecule has 6 nitrogen and oxygen atoms in total. The van der Waals surface area contributed by atoms with Gasteiger partial charge >= 0.3 is 0 Å². The fraction of sp³-hybridized carbons (Fsp3) is 0.286. The zero-order valence-corrected chi connectivity index (χ0v) is 15.2. The molecule has 2 aromatic rings. The Balaban J connectivity index is 1.53. The Morgan fingerprint density at radius 2 is 1.78 bits per heavy atom. The van der Waals surface area contributed by atoms with E-state index in [1.54, 1.807) is 24.3 Å². The molecule has 2 atom stereocenters. The van der Waals surface area contributed by atoms with Crippen molar-refractivity contribution in [3.05, 3.63) is 65.7 Å². The number of para-hydroxylation sites is 1. The first-order valence-corrected chi connectivity index (χ1v) is 9.07. The first kappa shape index (κ1) is 18.6. The van der Waals surface area contributed by atoms with Gasteiger partial charge in [0.25, 0.3) is 5.91 Å². The van der Waals surface area contributed by atoms with E-state index >= 15 is 0 Å². The van der Waals surface area contributed by atoms with Gasteiger partial charge in [-0.05, 0) is 37.5 Å². The van der Waals surface area contributed by atoms with Crippen LogP contribution in [0, 0.1) is 0 Å². The van der Waals surface area contributed by atoms with Gasteiger partial charge in [-0.2, -0.15) is 0 Å². The molecule has 0 radical (unpaired) electrons. The number of carbonyl (C=O) groups is 3. The zero-order chi connectivity index (χ0) is 19.2. The first-order valence-electron chi connectivity index (χ1n) is 9.07. The maximum absolute atomic E-state index is 12.3. The number of nitrogens with one attached hydrogen (secondary N) is 3. The Morgan fingerprint density at radius 3 is 2.56 bits per heavy atom. The molecule has 1 aliphatic heterocycles. The van der Waals surface area contributed by atoms with Crippen LogP contribution in [0.4, 0.5) is 5.69 Å². The summed E-state index contributed by atoms with van der Waals surface area (Å²) < 4.78 is 0. The number of hydrogen-bond acceptors (Lipinski definition) is 3. The maximum Gasteiger partial charge on any atom is 0.254 e. The minimum absolute atomic E-state index is 0.0283. The lowest BCUT2D eigenvalue weighted by Crippen LogP contribution is -2.45. The van der Waals surface area contributed by atoms with Crippen molar-refractivity contribution < 1.29 is 14.4 Å². The van der Waals surface area contributed by atoms with Gasteiger partial charge in [0.05, 0.1) is 17.7 Å². The largest absolute Gasteiger partial charge is 0.354 e. The predicted octanol–water partition coefficient (Wildman–Crippen LogP) is 2.26. The molecule has 3 amide bonds. The van der Waals surface area contributed by atoms with Gasteiger partial charge in [-0.1, -0.05) is 42.5 Å². The average Bonchev–Trinajstić information content (AvgIpc) is 2.77. The van der Waals surface area contributed by atoms with Crippen molar-refractivity contribution in [1.82, 2.24) is 10.6 Å². The molecule has 3 rings (SSSR count). The molecule has 3 N–H and O–H groups in total. The van der Waals surface area contributed by atoms with Gasteiger partial charge in [-0.25, -0.2) is 0 Å². The van der Waals surface area contributed by atoms with E-state index < -0.39 is 6.04 Å². The van der Waals surface area contributed by atoms with E-state index in [0.29, 0.717) is 11.3 Å². The van der Waals surface area contributed by atoms with Gasteiger partial charge in [-0.15, -0.1) is 0 Å². The van der Waals surface area contributed by atoms with Gasteiger partial charge in [0.1, 0.15) is 6.04 Å². The fourth-order valence-corrected chi connectivity index (χ4v) is 3.07. The van der Waals surface area contributed by atoms with Crippen LogP contribution in [-0.4, -0.2) is 29.8 Å². The maximum atomic E-state index is 12.3. The highest BCUT2D eigenvalue weighted by Crippen LogP contribution is 2.18. The van der Waals surface area contributed by atoms with E-state index in [-0.39, 0.29) is 30.2 Å². The number of benzene rings is 2. The Bertz CT molecular complexity index is 836. The fourth-order valence-electron chi connectivity index (χ4n) is 3.07. The van der Waals surface area contributed by atoms with Crippen LogP contribution in [0.25, 0.3) is 0 Å². The highest BCUT2D eigenvalue weighted by molar-refractivity contribution is 6.10. The summed E-state index contributed by atoms with van der Waals surface area (Å²) in [6.07, 6.45) is 1.56. The summed E-state index contributed by atoms with van der Waals surface area (Å²) >= 11 is 0. The van der Waals surface area contributed by atoms with Gasteiger partial charge < -0.3 is 16.0 Å². The monoisotopic (exact) mass is 365 g/mol. The molecule has 0 fully saturated rings. The molecular formula is C21H23N3O3. The predicted molar refractivity (Wildman–Crippen MR) is 103 cm³/mol. The summed E-state index contributed by atoms with van der Waals surface area (Å²) in [7, 11) is 0. The molecule has 0 saturated heterocycles. The molecule has 0 aromatic heterocycles. The van der Waals surface area contributed by atoms with E-state index in [2.05, 4.69) is 28.1 Å². The lowest BCUT2D eigenvalue weighted by molar-refractivity contribution is -0.126. The second-order valence-corrected chi connectivity index (χ2v) is 6.76. The van der Waals surface area contributed by atoms with E-state index in [9.17, 15) is 14.4 Å². The van der Waals surface area contributed by atoms with Crippen molar-refractivity contribution in [1.29, 1.82) is 0 Å². The summed E-state index contributed by atoms with van der Waals surface area (Å²) in [5.74, 6) is -1.01. The van der Waals surface area contributed by atoms with Gasteiger partial charge in [0.2, 0.25) is 11.8 Å². The van der Waals surface area contributed by atoms with Gasteiger partial charge in [0, 0.05) is 6.04 Å². The topological polar surface area (TPSA) is 87.3 Å². The van der Waals surface area contributed by atoms with E-state index in [1.807, 2.05) is 25.1 Å². The molecule has 27 heavy (non-hydrogen) atoms. The Labute approximate surface area is 158 Å². The molecular weight excluding hydrogens is 342 g/mol. The Morgan fingerprint density at radius 1 is 1.07 bits per heavy atom. The summed E-state index contributed by atoms with van der Waals surface area (Å²) in [5.41, 5.74) is 2.07. The molecule has 0 bridgehead atoms. The van der Waals surface area contributed by atoms with Crippen molar-refractivity contribution in [2.24, 2.45) is 0 Å². The zero-order valence-electron chi connectivity index (χ0n) is 15.2. The summed E-state index contributed by atoms with van der Waals surface area (Å²) in [4.78, 5) is 37.0. The Hall–Kier alpha value is -3.15. The molecule has 140 valence electrons. The van der Waals surface area contributed by atoms with E-state index in [1.165, 1.54) is 5.56 Å². The van der Waals surface area contributed by atoms with Crippen molar-refractivity contribution in [3.63, 3.8) is 0 Å². The minimum atomic E-state index is -0.897. The SMILES string of the molecule is C[C@H](CCc1ccccc1)NC(=O)C[C@@H]1NC(=O)c2ccccc2NC1=O. The van der Waals surface area contributed by atoms with Crippen LogP contribution in [0.2, 0.25) is 0 Å². The van der Waals surface area contributed by atoms with Crippen LogP contribution < -0.4 is 16.0 Å². The number of fused-ring (bicyclic) bond motifs is 1. The second-order valence-electron chi connectivity index (χ2n) is 6.76. The van der Waals surface area contributed by atoms with Crippen LogP contribution >= 0.6 is 0 Å². The van der Waals surface area contributed by atoms with Crippen LogP contribution in [0.15, 0.2) is 54.6 Å².